The highest BCUT2D eigenvalue weighted by Gasteiger charge is 2.21. The minimum Gasteiger partial charge on any atom is -0.388 e. The van der Waals surface area contributed by atoms with Gasteiger partial charge in [0.05, 0.1) is 4.92 Å². The van der Waals surface area contributed by atoms with Gasteiger partial charge >= 0.3 is 0 Å². The van der Waals surface area contributed by atoms with E-state index in [-0.39, 0.29) is 16.7 Å². The number of anilines is 2. The molecule has 108 valence electrons. The first-order chi connectivity index (χ1) is 10.2. The third kappa shape index (κ3) is 2.81. The van der Waals surface area contributed by atoms with Gasteiger partial charge < -0.3 is 10.6 Å². The third-order valence-corrected chi connectivity index (χ3v) is 3.84. The Morgan fingerprint density at radius 3 is 2.29 bits per heavy atom. The zero-order chi connectivity index (χ0) is 14.8. The Labute approximate surface area is 123 Å². The van der Waals surface area contributed by atoms with Gasteiger partial charge in [-0.1, -0.05) is 24.3 Å². The van der Waals surface area contributed by atoms with E-state index in [9.17, 15) is 10.1 Å². The van der Waals surface area contributed by atoms with Crippen molar-refractivity contribution >= 4 is 17.1 Å². The Balaban J connectivity index is 1.80. The maximum absolute atomic E-state index is 11.0. The van der Waals surface area contributed by atoms with Gasteiger partial charge in [-0.25, -0.2) is 0 Å². The number of benzene rings is 2. The van der Waals surface area contributed by atoms with Crippen LogP contribution in [0.25, 0.3) is 0 Å². The number of fused-ring (bicyclic) bond motifs is 1. The van der Waals surface area contributed by atoms with Crippen molar-refractivity contribution in [1.29, 1.82) is 0 Å². The van der Waals surface area contributed by atoms with Gasteiger partial charge in [0.25, 0.3) is 5.69 Å². The van der Waals surface area contributed by atoms with E-state index in [1.807, 2.05) is 18.2 Å². The van der Waals surface area contributed by atoms with Crippen molar-refractivity contribution in [3.05, 3.63) is 63.7 Å². The quantitative estimate of drug-likeness (QED) is 0.668. The lowest BCUT2D eigenvalue weighted by atomic mass is 10.1. The zero-order valence-electron chi connectivity index (χ0n) is 11.8. The van der Waals surface area contributed by atoms with Crippen LogP contribution < -0.4 is 10.6 Å². The fourth-order valence-corrected chi connectivity index (χ4v) is 2.84. The highest BCUT2D eigenvalue weighted by atomic mass is 16.6. The monoisotopic (exact) mass is 283 g/mol. The molecule has 0 unspecified atom stereocenters. The summed E-state index contributed by atoms with van der Waals surface area (Å²) >= 11 is 0. The smallest absolute Gasteiger partial charge is 0.273 e. The van der Waals surface area contributed by atoms with E-state index in [0.717, 1.165) is 24.2 Å². The van der Waals surface area contributed by atoms with Gasteiger partial charge in [-0.3, -0.25) is 10.1 Å². The number of nitro benzene ring substituents is 1. The second-order valence-corrected chi connectivity index (χ2v) is 5.29. The average molecular weight is 283 g/mol. The average Bonchev–Trinajstić information content (AvgIpc) is 2.88. The molecule has 0 aliphatic heterocycles. The molecule has 0 saturated heterocycles. The van der Waals surface area contributed by atoms with Crippen molar-refractivity contribution in [2.24, 2.45) is 0 Å². The minimum atomic E-state index is -0.366. The summed E-state index contributed by atoms with van der Waals surface area (Å²) in [5.41, 5.74) is 4.33. The summed E-state index contributed by atoms with van der Waals surface area (Å²) in [6.45, 7) is 0. The molecule has 3 rings (SSSR count). The summed E-state index contributed by atoms with van der Waals surface area (Å²) in [5, 5.41) is 17.4. The summed E-state index contributed by atoms with van der Waals surface area (Å²) in [6, 6.07) is 13.7. The van der Waals surface area contributed by atoms with E-state index >= 15 is 0 Å². The summed E-state index contributed by atoms with van der Waals surface area (Å²) in [7, 11) is 1.76. The van der Waals surface area contributed by atoms with Gasteiger partial charge in [-0.15, -0.1) is 0 Å². The fraction of sp³-hybridized carbons (Fsp3) is 0.250. The van der Waals surface area contributed by atoms with Gasteiger partial charge in [-0.05, 0) is 30.0 Å². The van der Waals surface area contributed by atoms with Crippen LogP contribution in [0, 0.1) is 10.1 Å². The van der Waals surface area contributed by atoms with Crippen LogP contribution in [-0.4, -0.2) is 18.0 Å². The molecule has 0 fully saturated rings. The molecule has 5 nitrogen and oxygen atoms in total. The molecule has 5 heteroatoms. The summed E-state index contributed by atoms with van der Waals surface area (Å²) < 4.78 is 0. The standard InChI is InChI=1S/C16H17N3O2/c1-17-13-8-15(10-16(9-13)19(20)21)18-14-6-11-4-2-3-5-12(11)7-14/h2-5,8-10,14,17-18H,6-7H2,1H3. The predicted molar refractivity (Wildman–Crippen MR) is 83.9 cm³/mol. The largest absolute Gasteiger partial charge is 0.388 e. The zero-order valence-corrected chi connectivity index (χ0v) is 11.8. The highest BCUT2D eigenvalue weighted by molar-refractivity contribution is 5.64. The van der Waals surface area contributed by atoms with Crippen molar-refractivity contribution in [2.75, 3.05) is 17.7 Å². The molecule has 2 aromatic carbocycles. The number of nitrogens with zero attached hydrogens (tertiary/aromatic N) is 1. The second kappa shape index (κ2) is 5.44. The van der Waals surface area contributed by atoms with Gasteiger partial charge in [-0.2, -0.15) is 0 Å². The lowest BCUT2D eigenvalue weighted by Gasteiger charge is -2.14. The van der Waals surface area contributed by atoms with Gasteiger partial charge in [0.2, 0.25) is 0 Å². The number of hydrogen-bond donors (Lipinski definition) is 2. The Bertz CT molecular complexity index is 660. The van der Waals surface area contributed by atoms with Gasteiger partial charge in [0.15, 0.2) is 0 Å². The first-order valence-electron chi connectivity index (χ1n) is 6.96. The summed E-state index contributed by atoms with van der Waals surface area (Å²) in [4.78, 5) is 10.6. The third-order valence-electron chi connectivity index (χ3n) is 3.84. The molecule has 0 aromatic heterocycles. The number of nitro groups is 1. The molecular formula is C16H17N3O2. The van der Waals surface area contributed by atoms with Crippen LogP contribution in [0.3, 0.4) is 0 Å². The van der Waals surface area contributed by atoms with Crippen molar-refractivity contribution in [3.8, 4) is 0 Å². The van der Waals surface area contributed by atoms with Gasteiger partial charge in [0, 0.05) is 36.6 Å². The molecule has 1 aliphatic rings. The Hall–Kier alpha value is -2.56. The van der Waals surface area contributed by atoms with Crippen LogP contribution in [0.4, 0.5) is 17.1 Å². The molecule has 2 N–H and O–H groups in total. The molecule has 0 heterocycles. The van der Waals surface area contributed by atoms with Crippen LogP contribution in [0.2, 0.25) is 0 Å². The van der Waals surface area contributed by atoms with Crippen molar-refractivity contribution in [2.45, 2.75) is 18.9 Å². The van der Waals surface area contributed by atoms with E-state index < -0.39 is 0 Å². The molecule has 0 radical (unpaired) electrons. The maximum Gasteiger partial charge on any atom is 0.273 e. The molecule has 0 spiro atoms. The topological polar surface area (TPSA) is 67.2 Å². The van der Waals surface area contributed by atoms with Crippen LogP contribution in [-0.2, 0) is 12.8 Å². The van der Waals surface area contributed by atoms with E-state index in [1.165, 1.54) is 17.2 Å². The predicted octanol–water partition coefficient (Wildman–Crippen LogP) is 3.22. The molecular weight excluding hydrogens is 266 g/mol. The van der Waals surface area contributed by atoms with Crippen LogP contribution in [0.5, 0.6) is 0 Å². The highest BCUT2D eigenvalue weighted by Crippen LogP contribution is 2.28. The normalized spacial score (nSPS) is 13.8. The Morgan fingerprint density at radius 2 is 1.71 bits per heavy atom. The number of rotatable bonds is 4. The van der Waals surface area contributed by atoms with Gasteiger partial charge in [0.1, 0.15) is 0 Å². The Kier molecular flexibility index (Phi) is 3.48. The first kappa shape index (κ1) is 13.4. The Morgan fingerprint density at radius 1 is 1.10 bits per heavy atom. The number of nitrogens with one attached hydrogen (secondary N) is 2. The van der Waals surface area contributed by atoms with Crippen molar-refractivity contribution in [3.63, 3.8) is 0 Å². The summed E-state index contributed by atoms with van der Waals surface area (Å²) in [6.07, 6.45) is 1.90. The number of hydrogen-bond acceptors (Lipinski definition) is 4. The molecule has 21 heavy (non-hydrogen) atoms. The molecule has 1 aliphatic carbocycles. The van der Waals surface area contributed by atoms with Crippen molar-refractivity contribution in [1.82, 2.24) is 0 Å². The van der Waals surface area contributed by atoms with Crippen LogP contribution in [0.15, 0.2) is 42.5 Å². The summed E-state index contributed by atoms with van der Waals surface area (Å²) in [5.74, 6) is 0. The molecule has 0 bridgehead atoms. The fourth-order valence-electron chi connectivity index (χ4n) is 2.84. The lowest BCUT2D eigenvalue weighted by Crippen LogP contribution is -2.19. The minimum absolute atomic E-state index is 0.0971. The first-order valence-corrected chi connectivity index (χ1v) is 6.96. The van der Waals surface area contributed by atoms with Crippen LogP contribution >= 0.6 is 0 Å². The second-order valence-electron chi connectivity index (χ2n) is 5.29. The van der Waals surface area contributed by atoms with E-state index in [2.05, 4.69) is 22.8 Å². The van der Waals surface area contributed by atoms with Crippen molar-refractivity contribution < 1.29 is 4.92 Å². The van der Waals surface area contributed by atoms with E-state index in [1.54, 1.807) is 13.1 Å². The molecule has 0 saturated carbocycles. The van der Waals surface area contributed by atoms with E-state index in [4.69, 9.17) is 0 Å². The van der Waals surface area contributed by atoms with E-state index in [0.29, 0.717) is 0 Å². The molecule has 0 atom stereocenters. The lowest BCUT2D eigenvalue weighted by molar-refractivity contribution is -0.384. The molecule has 0 amide bonds. The maximum atomic E-state index is 11.0. The van der Waals surface area contributed by atoms with Crippen LogP contribution in [0.1, 0.15) is 11.1 Å². The SMILES string of the molecule is CNc1cc(NC2Cc3ccccc3C2)cc([N+](=O)[O-])c1. The number of non-ortho nitro benzene ring substituents is 1. The molecule has 2 aromatic rings.